The number of fused-ring (bicyclic) bond motifs is 3. The normalized spacial score (nSPS) is 17.6. The number of hydrogen-bond acceptors (Lipinski definition) is 4. The number of ether oxygens (including phenoxy) is 1. The van der Waals surface area contributed by atoms with E-state index in [2.05, 4.69) is 34.5 Å². The quantitative estimate of drug-likeness (QED) is 0.717. The zero-order valence-corrected chi connectivity index (χ0v) is 16.0. The highest BCUT2D eigenvalue weighted by molar-refractivity contribution is 5.79. The minimum atomic E-state index is -0.962. The molecule has 29 heavy (non-hydrogen) atoms. The zero-order chi connectivity index (χ0) is 19.8. The lowest BCUT2D eigenvalue weighted by molar-refractivity contribution is -0.0282. The molecule has 1 aliphatic carbocycles. The van der Waals surface area contributed by atoms with Crippen LogP contribution in [0.5, 0.6) is 0 Å². The molecule has 1 aromatic heterocycles. The second-order valence-corrected chi connectivity index (χ2v) is 7.79. The molecule has 6 heteroatoms. The van der Waals surface area contributed by atoms with Crippen molar-refractivity contribution in [3.8, 4) is 11.1 Å². The molecular formula is C23H23N3O3. The summed E-state index contributed by atoms with van der Waals surface area (Å²) < 4.78 is 5.72. The van der Waals surface area contributed by atoms with Crippen LogP contribution in [0.3, 0.4) is 0 Å². The average molecular weight is 389 g/mol. The second-order valence-electron chi connectivity index (χ2n) is 7.79. The third-order valence-corrected chi connectivity index (χ3v) is 6.19. The van der Waals surface area contributed by atoms with Gasteiger partial charge >= 0.3 is 6.09 Å². The summed E-state index contributed by atoms with van der Waals surface area (Å²) in [7, 11) is 0. The van der Waals surface area contributed by atoms with Gasteiger partial charge in [-0.15, -0.1) is 0 Å². The molecule has 2 heterocycles. The fraction of sp³-hybridized carbons (Fsp3) is 0.304. The summed E-state index contributed by atoms with van der Waals surface area (Å²) in [5.74, 6) is 0.0538. The van der Waals surface area contributed by atoms with Gasteiger partial charge in [-0.25, -0.2) is 4.79 Å². The number of aromatic nitrogens is 2. The number of aromatic amines is 1. The van der Waals surface area contributed by atoms with Crippen molar-refractivity contribution in [1.82, 2.24) is 15.1 Å². The Kier molecular flexibility index (Phi) is 4.36. The molecule has 2 N–H and O–H groups in total. The summed E-state index contributed by atoms with van der Waals surface area (Å²) in [4.78, 5) is 14.4. The number of rotatable bonds is 3. The Hall–Kier alpha value is -3.12. The van der Waals surface area contributed by atoms with E-state index >= 15 is 0 Å². The van der Waals surface area contributed by atoms with Crippen LogP contribution in [0.15, 0.2) is 60.8 Å². The van der Waals surface area contributed by atoms with E-state index in [-0.39, 0.29) is 12.0 Å². The highest BCUT2D eigenvalue weighted by Gasteiger charge is 2.37. The molecule has 5 rings (SSSR count). The van der Waals surface area contributed by atoms with Crippen LogP contribution in [0.1, 0.15) is 35.6 Å². The van der Waals surface area contributed by atoms with Gasteiger partial charge in [-0.1, -0.05) is 48.5 Å². The van der Waals surface area contributed by atoms with Gasteiger partial charge in [0, 0.05) is 25.2 Å². The fourth-order valence-electron chi connectivity index (χ4n) is 4.53. The van der Waals surface area contributed by atoms with E-state index in [4.69, 9.17) is 4.74 Å². The predicted octanol–water partition coefficient (Wildman–Crippen LogP) is 3.64. The van der Waals surface area contributed by atoms with E-state index in [0.717, 1.165) is 0 Å². The summed E-state index contributed by atoms with van der Waals surface area (Å²) >= 11 is 0. The molecule has 1 amide bonds. The third kappa shape index (κ3) is 3.09. The molecule has 0 atom stereocenters. The van der Waals surface area contributed by atoms with E-state index in [1.165, 1.54) is 22.3 Å². The summed E-state index contributed by atoms with van der Waals surface area (Å²) in [5, 5.41) is 17.6. The molecule has 0 bridgehead atoms. The van der Waals surface area contributed by atoms with Crippen molar-refractivity contribution in [2.75, 3.05) is 19.7 Å². The molecule has 2 aliphatic rings. The molecule has 1 aliphatic heterocycles. The number of hydrogen-bond donors (Lipinski definition) is 2. The standard InChI is InChI=1S/C23H23N3O3/c27-22(26-13-10-23(28,11-14-26)21-9-12-24-25-21)29-15-20-18-7-3-1-5-16(18)17-6-2-4-8-19(17)20/h1-9,12,20,28H,10-11,13-15H2,(H,24,25). The number of nitrogens with zero attached hydrogens (tertiary/aromatic N) is 2. The highest BCUT2D eigenvalue weighted by Crippen LogP contribution is 2.44. The van der Waals surface area contributed by atoms with Crippen LogP contribution in [0.4, 0.5) is 4.79 Å². The Morgan fingerprint density at radius 1 is 1.07 bits per heavy atom. The molecule has 3 aromatic rings. The molecular weight excluding hydrogens is 366 g/mol. The molecule has 0 saturated carbocycles. The molecule has 1 fully saturated rings. The van der Waals surface area contributed by atoms with Crippen molar-refractivity contribution in [2.45, 2.75) is 24.4 Å². The lowest BCUT2D eigenvalue weighted by Crippen LogP contribution is -2.45. The lowest BCUT2D eigenvalue weighted by atomic mass is 9.88. The van der Waals surface area contributed by atoms with Gasteiger partial charge in [0.1, 0.15) is 12.2 Å². The first-order valence-electron chi connectivity index (χ1n) is 9.98. The number of likely N-dealkylation sites (tertiary alicyclic amines) is 1. The van der Waals surface area contributed by atoms with Gasteiger partial charge in [0.2, 0.25) is 0 Å². The van der Waals surface area contributed by atoms with Gasteiger partial charge in [0.25, 0.3) is 0 Å². The van der Waals surface area contributed by atoms with E-state index in [0.29, 0.717) is 38.2 Å². The molecule has 0 spiro atoms. The van der Waals surface area contributed by atoms with Crippen molar-refractivity contribution < 1.29 is 14.6 Å². The van der Waals surface area contributed by atoms with Crippen molar-refractivity contribution in [2.24, 2.45) is 0 Å². The number of piperidine rings is 1. The van der Waals surface area contributed by atoms with Gasteiger partial charge in [0.15, 0.2) is 0 Å². The van der Waals surface area contributed by atoms with Crippen LogP contribution in [-0.4, -0.2) is 46.0 Å². The van der Waals surface area contributed by atoms with Crippen LogP contribution in [-0.2, 0) is 10.3 Å². The molecule has 148 valence electrons. The van der Waals surface area contributed by atoms with Crippen molar-refractivity contribution in [1.29, 1.82) is 0 Å². The van der Waals surface area contributed by atoms with E-state index in [1.807, 2.05) is 24.3 Å². The first-order chi connectivity index (χ1) is 14.2. The first-order valence-corrected chi connectivity index (χ1v) is 9.98. The highest BCUT2D eigenvalue weighted by atomic mass is 16.6. The van der Waals surface area contributed by atoms with E-state index in [1.54, 1.807) is 17.2 Å². The number of H-pyrrole nitrogens is 1. The minimum Gasteiger partial charge on any atom is -0.448 e. The first kappa shape index (κ1) is 17.9. The second kappa shape index (κ2) is 7.04. The predicted molar refractivity (Wildman–Crippen MR) is 108 cm³/mol. The zero-order valence-electron chi connectivity index (χ0n) is 16.0. The van der Waals surface area contributed by atoms with Crippen molar-refractivity contribution >= 4 is 6.09 Å². The molecule has 1 saturated heterocycles. The number of amides is 1. The topological polar surface area (TPSA) is 78.4 Å². The fourth-order valence-corrected chi connectivity index (χ4v) is 4.53. The lowest BCUT2D eigenvalue weighted by Gasteiger charge is -2.37. The maximum atomic E-state index is 12.7. The van der Waals surface area contributed by atoms with Crippen LogP contribution in [0.25, 0.3) is 11.1 Å². The third-order valence-electron chi connectivity index (χ3n) is 6.19. The Balaban J connectivity index is 1.25. The van der Waals surface area contributed by atoms with Gasteiger partial charge in [-0.05, 0) is 41.2 Å². The number of benzene rings is 2. The summed E-state index contributed by atoms with van der Waals surface area (Å²) in [6, 6.07) is 18.4. The Bertz CT molecular complexity index is 978. The minimum absolute atomic E-state index is 0.0538. The molecule has 0 radical (unpaired) electrons. The number of aliphatic hydroxyl groups is 1. The van der Waals surface area contributed by atoms with Crippen LogP contribution in [0.2, 0.25) is 0 Å². The molecule has 0 unspecified atom stereocenters. The largest absolute Gasteiger partial charge is 0.448 e. The Morgan fingerprint density at radius 2 is 1.69 bits per heavy atom. The van der Waals surface area contributed by atoms with Crippen molar-refractivity contribution in [3.63, 3.8) is 0 Å². The van der Waals surface area contributed by atoms with Crippen molar-refractivity contribution in [3.05, 3.63) is 77.6 Å². The maximum Gasteiger partial charge on any atom is 0.409 e. The SMILES string of the molecule is O=C(OCC1c2ccccc2-c2ccccc21)N1CCC(O)(c2ccn[nH]2)CC1. The van der Waals surface area contributed by atoms with E-state index < -0.39 is 5.60 Å². The number of carbonyl (C=O) groups excluding carboxylic acids is 1. The van der Waals surface area contributed by atoms with Gasteiger partial charge in [0.05, 0.1) is 5.69 Å². The van der Waals surface area contributed by atoms with Gasteiger partial charge in [-0.2, -0.15) is 5.10 Å². The molecule has 2 aromatic carbocycles. The number of carbonyl (C=O) groups is 1. The Morgan fingerprint density at radius 3 is 2.28 bits per heavy atom. The summed E-state index contributed by atoms with van der Waals surface area (Å²) in [6.07, 6.45) is 2.22. The van der Waals surface area contributed by atoms with Crippen LogP contribution in [0, 0.1) is 0 Å². The smallest absolute Gasteiger partial charge is 0.409 e. The maximum absolute atomic E-state index is 12.7. The monoisotopic (exact) mass is 389 g/mol. The van der Waals surface area contributed by atoms with Crippen LogP contribution < -0.4 is 0 Å². The summed E-state index contributed by atoms with van der Waals surface area (Å²) in [5.41, 5.74) is 4.57. The average Bonchev–Trinajstić information content (AvgIpc) is 3.40. The Labute approximate surface area is 169 Å². The van der Waals surface area contributed by atoms with Crippen LogP contribution >= 0.6 is 0 Å². The number of nitrogens with one attached hydrogen (secondary N) is 1. The van der Waals surface area contributed by atoms with Gasteiger partial charge in [-0.3, -0.25) is 5.10 Å². The molecule has 6 nitrogen and oxygen atoms in total. The van der Waals surface area contributed by atoms with E-state index in [9.17, 15) is 9.90 Å². The van der Waals surface area contributed by atoms with Gasteiger partial charge < -0.3 is 14.7 Å². The summed E-state index contributed by atoms with van der Waals surface area (Å²) in [6.45, 7) is 1.21.